The van der Waals surface area contributed by atoms with Gasteiger partial charge in [-0.2, -0.15) is 22.0 Å². The summed E-state index contributed by atoms with van der Waals surface area (Å²) < 4.78 is 67.6. The molecule has 0 saturated carbocycles. The predicted octanol–water partition coefficient (Wildman–Crippen LogP) is 2.38. The van der Waals surface area contributed by atoms with Crippen LogP contribution in [0.3, 0.4) is 0 Å². The van der Waals surface area contributed by atoms with E-state index in [0.29, 0.717) is 5.69 Å². The van der Waals surface area contributed by atoms with Gasteiger partial charge in [-0.1, -0.05) is 0 Å². The Morgan fingerprint density at radius 1 is 1.16 bits per heavy atom. The van der Waals surface area contributed by atoms with Gasteiger partial charge in [0.2, 0.25) is 0 Å². The summed E-state index contributed by atoms with van der Waals surface area (Å²) in [4.78, 5) is 14.4. The number of anilines is 2. The lowest BCUT2D eigenvalue weighted by atomic mass is 10.1. The van der Waals surface area contributed by atoms with E-state index in [9.17, 15) is 26.7 Å². The Morgan fingerprint density at radius 2 is 1.76 bits per heavy atom. The van der Waals surface area contributed by atoms with Gasteiger partial charge in [-0.3, -0.25) is 4.90 Å². The number of hydrogen-bond acceptors (Lipinski definition) is 5. The van der Waals surface area contributed by atoms with Gasteiger partial charge in [-0.15, -0.1) is 0 Å². The molecule has 1 aliphatic heterocycles. The summed E-state index contributed by atoms with van der Waals surface area (Å²) in [5, 5.41) is 0. The highest BCUT2D eigenvalue weighted by Crippen LogP contribution is 2.36. The zero-order chi connectivity index (χ0) is 18.8. The Hall–Kier alpha value is -2.10. The van der Waals surface area contributed by atoms with Crippen molar-refractivity contribution in [2.24, 2.45) is 0 Å². The smallest absolute Gasteiger partial charge is 0.454 e. The molecule has 140 valence electrons. The number of piperazine rings is 1. The van der Waals surface area contributed by atoms with Crippen molar-refractivity contribution in [1.82, 2.24) is 4.90 Å². The van der Waals surface area contributed by atoms with Crippen LogP contribution >= 0.6 is 0 Å². The summed E-state index contributed by atoms with van der Waals surface area (Å²) in [7, 11) is 1.23. The molecule has 1 aromatic carbocycles. The summed E-state index contributed by atoms with van der Waals surface area (Å²) in [6.45, 7) is -0.696. The van der Waals surface area contributed by atoms with E-state index >= 15 is 0 Å². The number of benzene rings is 1. The molecule has 1 heterocycles. The van der Waals surface area contributed by atoms with Crippen LogP contribution in [0.4, 0.5) is 33.3 Å². The molecule has 1 saturated heterocycles. The monoisotopic (exact) mass is 367 g/mol. The molecule has 0 bridgehead atoms. The number of methoxy groups -OCH3 is 1. The van der Waals surface area contributed by atoms with Crippen molar-refractivity contribution in [3.05, 3.63) is 23.8 Å². The van der Waals surface area contributed by atoms with Gasteiger partial charge >= 0.3 is 18.1 Å². The predicted molar refractivity (Wildman–Crippen MR) is 81.8 cm³/mol. The third-order valence-electron chi connectivity index (χ3n) is 4.01. The standard InChI is InChI=1S/C15H18F5N3O2/c1-25-13(24)11-3-2-10(8-12(11)21)23-6-4-22(5-7-23)9-14(16,17)15(18,19)20/h2-3,8H,4-7,9,21H2,1H3. The van der Waals surface area contributed by atoms with Crippen molar-refractivity contribution < 1.29 is 31.5 Å². The minimum Gasteiger partial charge on any atom is -0.465 e. The largest absolute Gasteiger partial charge is 0.465 e. The van der Waals surface area contributed by atoms with E-state index in [0.717, 1.165) is 4.90 Å². The first-order valence-electron chi connectivity index (χ1n) is 7.45. The summed E-state index contributed by atoms with van der Waals surface area (Å²) in [6.07, 6.45) is -5.55. The second-order valence-corrected chi connectivity index (χ2v) is 5.73. The molecule has 1 aliphatic rings. The Labute approximate surface area is 141 Å². The second kappa shape index (κ2) is 7.03. The number of rotatable bonds is 4. The second-order valence-electron chi connectivity index (χ2n) is 5.73. The van der Waals surface area contributed by atoms with E-state index in [1.807, 2.05) is 0 Å². The minimum atomic E-state index is -5.55. The van der Waals surface area contributed by atoms with Crippen LogP contribution in [-0.2, 0) is 4.74 Å². The Kier molecular flexibility index (Phi) is 5.40. The molecule has 0 radical (unpaired) electrons. The van der Waals surface area contributed by atoms with Crippen LogP contribution in [0, 0.1) is 0 Å². The van der Waals surface area contributed by atoms with Gasteiger partial charge < -0.3 is 15.4 Å². The average molecular weight is 367 g/mol. The fraction of sp³-hybridized carbons (Fsp3) is 0.533. The maximum Gasteiger partial charge on any atom is 0.454 e. The molecule has 25 heavy (non-hydrogen) atoms. The number of ether oxygens (including phenoxy) is 1. The SMILES string of the molecule is COC(=O)c1ccc(N2CCN(CC(F)(F)C(F)(F)F)CC2)cc1N. The van der Waals surface area contributed by atoms with Gasteiger partial charge in [-0.05, 0) is 18.2 Å². The molecule has 0 atom stereocenters. The fourth-order valence-electron chi connectivity index (χ4n) is 2.58. The van der Waals surface area contributed by atoms with Gasteiger partial charge in [0, 0.05) is 37.6 Å². The van der Waals surface area contributed by atoms with Gasteiger partial charge in [0.15, 0.2) is 0 Å². The van der Waals surface area contributed by atoms with Gasteiger partial charge in [-0.25, -0.2) is 4.79 Å². The number of alkyl halides is 5. The van der Waals surface area contributed by atoms with Crippen LogP contribution in [0.1, 0.15) is 10.4 Å². The number of nitrogens with two attached hydrogens (primary N) is 1. The average Bonchev–Trinajstić information content (AvgIpc) is 2.53. The Balaban J connectivity index is 1.99. The molecule has 5 nitrogen and oxygen atoms in total. The van der Waals surface area contributed by atoms with Gasteiger partial charge in [0.05, 0.1) is 19.2 Å². The van der Waals surface area contributed by atoms with Crippen LogP contribution in [0.5, 0.6) is 0 Å². The molecule has 1 aromatic rings. The molecule has 0 unspecified atom stereocenters. The zero-order valence-corrected chi connectivity index (χ0v) is 13.4. The van der Waals surface area contributed by atoms with Crippen molar-refractivity contribution in [3.8, 4) is 0 Å². The highest BCUT2D eigenvalue weighted by Gasteiger charge is 2.58. The topological polar surface area (TPSA) is 58.8 Å². The Morgan fingerprint density at radius 3 is 2.24 bits per heavy atom. The van der Waals surface area contributed by atoms with E-state index in [1.165, 1.54) is 13.2 Å². The van der Waals surface area contributed by atoms with Crippen molar-refractivity contribution in [3.63, 3.8) is 0 Å². The number of halogens is 5. The van der Waals surface area contributed by atoms with E-state index in [-0.39, 0.29) is 37.4 Å². The molecule has 0 amide bonds. The van der Waals surface area contributed by atoms with Crippen LogP contribution in [0.15, 0.2) is 18.2 Å². The third kappa shape index (κ3) is 4.30. The van der Waals surface area contributed by atoms with Crippen LogP contribution < -0.4 is 10.6 Å². The molecule has 0 aromatic heterocycles. The summed E-state index contributed by atoms with van der Waals surface area (Å²) in [6, 6.07) is 4.66. The normalized spacial score (nSPS) is 16.8. The number of nitrogens with zero attached hydrogens (tertiary/aromatic N) is 2. The molecular weight excluding hydrogens is 349 g/mol. The molecule has 1 fully saturated rings. The lowest BCUT2D eigenvalue weighted by molar-refractivity contribution is -0.286. The highest BCUT2D eigenvalue weighted by molar-refractivity contribution is 5.95. The maximum atomic E-state index is 13.1. The summed E-state index contributed by atoms with van der Waals surface area (Å²) in [5.41, 5.74) is 6.87. The van der Waals surface area contributed by atoms with Gasteiger partial charge in [0.1, 0.15) is 0 Å². The summed E-state index contributed by atoms with van der Waals surface area (Å²) >= 11 is 0. The van der Waals surface area contributed by atoms with E-state index in [4.69, 9.17) is 5.73 Å². The van der Waals surface area contributed by atoms with Crippen molar-refractivity contribution >= 4 is 17.3 Å². The van der Waals surface area contributed by atoms with Crippen LogP contribution in [0.2, 0.25) is 0 Å². The number of carbonyl (C=O) groups excluding carboxylic acids is 1. The van der Waals surface area contributed by atoms with Crippen LogP contribution in [0.25, 0.3) is 0 Å². The van der Waals surface area contributed by atoms with Crippen LogP contribution in [-0.4, -0.2) is 62.8 Å². The number of nitrogen functional groups attached to an aromatic ring is 1. The zero-order valence-electron chi connectivity index (χ0n) is 13.4. The van der Waals surface area contributed by atoms with Crippen molar-refractivity contribution in [1.29, 1.82) is 0 Å². The lowest BCUT2D eigenvalue weighted by Gasteiger charge is -2.37. The fourth-order valence-corrected chi connectivity index (χ4v) is 2.58. The van der Waals surface area contributed by atoms with Gasteiger partial charge in [0.25, 0.3) is 0 Å². The highest BCUT2D eigenvalue weighted by atomic mass is 19.4. The van der Waals surface area contributed by atoms with E-state index in [1.54, 1.807) is 17.0 Å². The summed E-state index contributed by atoms with van der Waals surface area (Å²) in [5.74, 6) is -5.31. The molecule has 2 rings (SSSR count). The van der Waals surface area contributed by atoms with Crippen molar-refractivity contribution in [2.45, 2.75) is 12.1 Å². The molecule has 10 heteroatoms. The first kappa shape index (κ1) is 19.2. The lowest BCUT2D eigenvalue weighted by Crippen LogP contribution is -2.53. The quantitative estimate of drug-likeness (QED) is 0.503. The number of hydrogen-bond donors (Lipinski definition) is 1. The van der Waals surface area contributed by atoms with E-state index in [2.05, 4.69) is 4.74 Å². The first-order valence-corrected chi connectivity index (χ1v) is 7.45. The molecule has 0 spiro atoms. The first-order chi connectivity index (χ1) is 11.5. The minimum absolute atomic E-state index is 0.0598. The Bertz CT molecular complexity index is 628. The number of esters is 1. The number of carbonyl (C=O) groups is 1. The van der Waals surface area contributed by atoms with E-state index < -0.39 is 24.6 Å². The maximum absolute atomic E-state index is 13.1. The molecule has 0 aliphatic carbocycles. The third-order valence-corrected chi connectivity index (χ3v) is 4.01. The molecular formula is C15H18F5N3O2. The van der Waals surface area contributed by atoms with Crippen molar-refractivity contribution in [2.75, 3.05) is 50.5 Å². The molecule has 2 N–H and O–H groups in total.